The fraction of sp³-hybridized carbons (Fsp3) is 0.333. The first-order chi connectivity index (χ1) is 12.1. The number of hydrogen-bond donors (Lipinski definition) is 1. The topological polar surface area (TPSA) is 58.0 Å². The zero-order valence-corrected chi connectivity index (χ0v) is 15.5. The van der Waals surface area contributed by atoms with Gasteiger partial charge in [0.2, 0.25) is 0 Å². The summed E-state index contributed by atoms with van der Waals surface area (Å²) in [5.74, 6) is 0.334. The fourth-order valence-electron chi connectivity index (χ4n) is 3.40. The largest absolute Gasteiger partial charge is 0.503 e. The monoisotopic (exact) mass is 375 g/mol. The van der Waals surface area contributed by atoms with Crippen LogP contribution in [0.4, 0.5) is 0 Å². The lowest BCUT2D eigenvalue weighted by Crippen LogP contribution is -2.28. The molecule has 5 nitrogen and oxygen atoms in total. The number of aliphatic imine (C=N–C) groups is 1. The van der Waals surface area contributed by atoms with Gasteiger partial charge in [-0.15, -0.1) is 0 Å². The number of halogens is 1. The van der Waals surface area contributed by atoms with Crippen molar-refractivity contribution in [3.63, 3.8) is 0 Å². The van der Waals surface area contributed by atoms with Crippen LogP contribution in [-0.4, -0.2) is 39.1 Å². The van der Waals surface area contributed by atoms with Crippen molar-refractivity contribution in [2.45, 2.75) is 24.3 Å². The third kappa shape index (κ3) is 2.83. The normalized spacial score (nSPS) is 25.0. The number of aromatic hydroxyl groups is 1. The molecule has 0 saturated carbocycles. The molecule has 1 aromatic carbocycles. The highest BCUT2D eigenvalue weighted by Gasteiger charge is 2.43. The average molecular weight is 376 g/mol. The predicted octanol–water partition coefficient (Wildman–Crippen LogP) is 4.04. The van der Waals surface area contributed by atoms with E-state index < -0.39 is 0 Å². The highest BCUT2D eigenvalue weighted by molar-refractivity contribution is 8.14. The van der Waals surface area contributed by atoms with Gasteiger partial charge in [-0.3, -0.25) is 9.98 Å². The van der Waals surface area contributed by atoms with Crippen LogP contribution in [0.15, 0.2) is 41.5 Å². The summed E-state index contributed by atoms with van der Waals surface area (Å²) in [5.41, 5.74) is 1.88. The number of nitrogens with zero attached hydrogens (tertiary/aromatic N) is 3. The Labute approximate surface area is 155 Å². The predicted molar refractivity (Wildman–Crippen MR) is 101 cm³/mol. The minimum Gasteiger partial charge on any atom is -0.503 e. The number of phenols is 1. The van der Waals surface area contributed by atoms with E-state index in [1.165, 1.54) is 7.11 Å². The van der Waals surface area contributed by atoms with Crippen LogP contribution in [0.5, 0.6) is 11.5 Å². The number of rotatable bonds is 3. The zero-order valence-electron chi connectivity index (χ0n) is 13.9. The Morgan fingerprint density at radius 2 is 2.20 bits per heavy atom. The number of aromatic nitrogens is 1. The maximum atomic E-state index is 10.1. The maximum absolute atomic E-state index is 10.1. The van der Waals surface area contributed by atoms with Crippen molar-refractivity contribution in [2.24, 2.45) is 4.99 Å². The number of methoxy groups -OCH3 is 1. The summed E-state index contributed by atoms with van der Waals surface area (Å²) in [5, 5.41) is 11.9. The van der Waals surface area contributed by atoms with Crippen molar-refractivity contribution in [3.05, 3.63) is 52.8 Å². The van der Waals surface area contributed by atoms with Gasteiger partial charge in [-0.2, -0.15) is 0 Å². The maximum Gasteiger partial charge on any atom is 0.176 e. The quantitative estimate of drug-likeness (QED) is 0.877. The van der Waals surface area contributed by atoms with E-state index in [2.05, 4.69) is 16.8 Å². The summed E-state index contributed by atoms with van der Waals surface area (Å²) in [7, 11) is 1.52. The Bertz CT molecular complexity index is 831. The molecule has 0 radical (unpaired) electrons. The first kappa shape index (κ1) is 16.5. The van der Waals surface area contributed by atoms with Crippen LogP contribution >= 0.6 is 23.4 Å². The van der Waals surface area contributed by atoms with E-state index >= 15 is 0 Å². The number of amidine groups is 1. The molecule has 0 aliphatic carbocycles. The van der Waals surface area contributed by atoms with Crippen LogP contribution < -0.4 is 4.74 Å². The van der Waals surface area contributed by atoms with Crippen molar-refractivity contribution in [1.82, 2.24) is 9.88 Å². The second kappa shape index (κ2) is 6.42. The van der Waals surface area contributed by atoms with Gasteiger partial charge in [0.15, 0.2) is 16.7 Å². The molecule has 0 amide bonds. The number of hydrogen-bond acceptors (Lipinski definition) is 6. The zero-order chi connectivity index (χ0) is 17.6. The molecule has 130 valence electrons. The first-order valence-corrected chi connectivity index (χ1v) is 9.32. The van der Waals surface area contributed by atoms with Gasteiger partial charge in [0, 0.05) is 18.0 Å². The van der Waals surface area contributed by atoms with Crippen molar-refractivity contribution in [3.8, 4) is 11.5 Å². The second-order valence-corrected chi connectivity index (χ2v) is 8.00. The van der Waals surface area contributed by atoms with Crippen molar-refractivity contribution >= 4 is 28.5 Å². The van der Waals surface area contributed by atoms with E-state index in [0.717, 1.165) is 23.0 Å². The molecule has 2 aromatic rings. The highest BCUT2D eigenvalue weighted by atomic mass is 35.5. The number of pyridine rings is 1. The minimum absolute atomic E-state index is 0.0191. The van der Waals surface area contributed by atoms with Gasteiger partial charge in [0.05, 0.1) is 23.9 Å². The second-order valence-electron chi connectivity index (χ2n) is 6.19. The van der Waals surface area contributed by atoms with Crippen molar-refractivity contribution < 1.29 is 9.84 Å². The molecule has 3 heterocycles. The van der Waals surface area contributed by atoms with Gasteiger partial charge in [0.25, 0.3) is 0 Å². The Balaban J connectivity index is 1.81. The van der Waals surface area contributed by atoms with Crippen molar-refractivity contribution in [2.75, 3.05) is 13.7 Å². The van der Waals surface area contributed by atoms with Gasteiger partial charge in [0.1, 0.15) is 6.04 Å². The van der Waals surface area contributed by atoms with Gasteiger partial charge in [-0.1, -0.05) is 36.4 Å². The molecular weight excluding hydrogens is 358 g/mol. The first-order valence-electron chi connectivity index (χ1n) is 8.07. The molecule has 1 saturated heterocycles. The van der Waals surface area contributed by atoms with Gasteiger partial charge in [-0.05, 0) is 29.8 Å². The molecule has 7 heteroatoms. The summed E-state index contributed by atoms with van der Waals surface area (Å²) >= 11 is 8.02. The lowest BCUT2D eigenvalue weighted by atomic mass is 9.96. The molecule has 4 rings (SSSR count). The minimum atomic E-state index is -0.110. The van der Waals surface area contributed by atoms with Crippen LogP contribution in [0.3, 0.4) is 0 Å². The SMILES string of the molecule is COc1cc([C@@H]2[C@H](c3ccccn3)N=C3S[C@@H](C)CN32)cc(Cl)c1O. The summed E-state index contributed by atoms with van der Waals surface area (Å²) in [6.45, 7) is 3.11. The molecular formula is C18H18ClN3O2S. The third-order valence-electron chi connectivity index (χ3n) is 4.49. The van der Waals surface area contributed by atoms with Gasteiger partial charge >= 0.3 is 0 Å². The van der Waals surface area contributed by atoms with E-state index in [1.54, 1.807) is 24.0 Å². The van der Waals surface area contributed by atoms with E-state index in [9.17, 15) is 5.11 Å². The van der Waals surface area contributed by atoms with Crippen LogP contribution in [0.2, 0.25) is 5.02 Å². The summed E-state index contributed by atoms with van der Waals surface area (Å²) < 4.78 is 5.29. The molecule has 0 bridgehead atoms. The number of benzene rings is 1. The van der Waals surface area contributed by atoms with E-state index in [-0.39, 0.29) is 22.9 Å². The summed E-state index contributed by atoms with van der Waals surface area (Å²) in [6, 6.07) is 9.38. The Hall–Kier alpha value is -1.92. The molecule has 0 spiro atoms. The summed E-state index contributed by atoms with van der Waals surface area (Å²) in [6.07, 6.45) is 1.79. The van der Waals surface area contributed by atoms with Gasteiger partial charge in [-0.25, -0.2) is 0 Å². The van der Waals surface area contributed by atoms with Crippen LogP contribution in [0, 0.1) is 0 Å². The molecule has 1 N–H and O–H groups in total. The van der Waals surface area contributed by atoms with Crippen molar-refractivity contribution in [1.29, 1.82) is 0 Å². The van der Waals surface area contributed by atoms with Crippen LogP contribution in [-0.2, 0) is 0 Å². The number of phenolic OH excluding ortho intramolecular Hbond substituents is 1. The molecule has 3 atom stereocenters. The molecule has 2 aliphatic rings. The molecule has 1 aromatic heterocycles. The molecule has 1 fully saturated rings. The smallest absolute Gasteiger partial charge is 0.176 e. The number of ether oxygens (including phenoxy) is 1. The lowest BCUT2D eigenvalue weighted by molar-refractivity contribution is 0.318. The Kier molecular flexibility index (Phi) is 4.25. The van der Waals surface area contributed by atoms with Crippen LogP contribution in [0.25, 0.3) is 0 Å². The third-order valence-corrected chi connectivity index (χ3v) is 5.88. The van der Waals surface area contributed by atoms with Crippen LogP contribution in [0.1, 0.15) is 30.3 Å². The van der Waals surface area contributed by atoms with Gasteiger partial charge < -0.3 is 14.7 Å². The molecule has 25 heavy (non-hydrogen) atoms. The standard InChI is InChI=1S/C18H18ClN3O2S/c1-10-9-22-16(11-7-12(19)17(23)14(8-11)24-2)15(21-18(22)25-10)13-5-3-4-6-20-13/h3-8,10,15-16,23H,9H2,1-2H3/t10-,15-,16+/m0/s1. The van der Waals surface area contributed by atoms with E-state index in [1.807, 2.05) is 24.3 Å². The van der Waals surface area contributed by atoms with E-state index in [0.29, 0.717) is 11.0 Å². The highest BCUT2D eigenvalue weighted by Crippen LogP contribution is 2.49. The molecule has 0 unspecified atom stereocenters. The molecule has 2 aliphatic heterocycles. The van der Waals surface area contributed by atoms with E-state index in [4.69, 9.17) is 21.3 Å². The Morgan fingerprint density at radius 3 is 2.92 bits per heavy atom. The summed E-state index contributed by atoms with van der Waals surface area (Å²) in [4.78, 5) is 11.7. The average Bonchev–Trinajstić information content (AvgIpc) is 3.14. The Morgan fingerprint density at radius 1 is 1.36 bits per heavy atom. The fourth-order valence-corrected chi connectivity index (χ4v) is 4.71. The number of thioether (sulfide) groups is 1. The number of fused-ring (bicyclic) bond motifs is 1. The lowest BCUT2D eigenvalue weighted by Gasteiger charge is -2.28.